The second-order valence-corrected chi connectivity index (χ2v) is 8.58. The van der Waals surface area contributed by atoms with Gasteiger partial charge < -0.3 is 4.90 Å². The van der Waals surface area contributed by atoms with Crippen LogP contribution in [0.2, 0.25) is 0 Å². The van der Waals surface area contributed by atoms with Gasteiger partial charge >= 0.3 is 0 Å². The van der Waals surface area contributed by atoms with Crippen LogP contribution in [0.3, 0.4) is 0 Å². The third-order valence-electron chi connectivity index (χ3n) is 4.48. The van der Waals surface area contributed by atoms with Crippen molar-refractivity contribution in [3.8, 4) is 0 Å². The molecule has 0 spiro atoms. The molecule has 2 rings (SSSR count). The van der Waals surface area contributed by atoms with Gasteiger partial charge in [-0.05, 0) is 25.3 Å². The average molecular weight is 323 g/mol. The summed E-state index contributed by atoms with van der Waals surface area (Å²) in [5.74, 6) is -0.266. The van der Waals surface area contributed by atoms with Crippen LogP contribution in [0, 0.1) is 0 Å². The summed E-state index contributed by atoms with van der Waals surface area (Å²) >= 11 is 0. The summed E-state index contributed by atoms with van der Waals surface area (Å²) < 4.78 is 23.5. The Labute approximate surface area is 133 Å². The van der Waals surface area contributed by atoms with Crippen LogP contribution in [-0.4, -0.2) is 36.8 Å². The van der Waals surface area contributed by atoms with Crippen molar-refractivity contribution in [3.63, 3.8) is 0 Å². The van der Waals surface area contributed by atoms with Crippen molar-refractivity contribution in [2.45, 2.75) is 56.9 Å². The van der Waals surface area contributed by atoms with Gasteiger partial charge in [-0.15, -0.1) is 0 Å². The Bertz CT molecular complexity index is 592. The molecule has 1 fully saturated rings. The molecule has 22 heavy (non-hydrogen) atoms. The minimum absolute atomic E-state index is 0.158. The first-order valence-electron chi connectivity index (χ1n) is 7.93. The molecule has 1 aliphatic rings. The molecule has 1 atom stereocenters. The second-order valence-electron chi connectivity index (χ2n) is 6.22. The Morgan fingerprint density at radius 2 is 1.77 bits per heavy atom. The molecule has 122 valence electrons. The molecule has 0 radical (unpaired) electrons. The van der Waals surface area contributed by atoms with Crippen molar-refractivity contribution in [1.29, 1.82) is 0 Å². The fraction of sp³-hybridized carbons (Fsp3) is 0.588. The first-order valence-corrected chi connectivity index (χ1v) is 9.88. The molecular formula is C17H25NO3S. The smallest absolute Gasteiger partial charge is 0.241 e. The Balaban J connectivity index is 2.22. The summed E-state index contributed by atoms with van der Waals surface area (Å²) in [6.45, 7) is 1.99. The van der Waals surface area contributed by atoms with Crippen LogP contribution in [-0.2, 0) is 21.2 Å². The normalized spacial score (nSPS) is 17.9. The largest absolute Gasteiger partial charge is 0.334 e. The summed E-state index contributed by atoms with van der Waals surface area (Å²) in [7, 11) is -3.37. The SMILES string of the molecule is CC(C(=O)N(Cc1ccccc1)C1CCCCC1)S(C)(=O)=O. The van der Waals surface area contributed by atoms with Crippen LogP contribution in [0.25, 0.3) is 0 Å². The quantitative estimate of drug-likeness (QED) is 0.837. The predicted molar refractivity (Wildman–Crippen MR) is 88.2 cm³/mol. The third-order valence-corrected chi connectivity index (χ3v) is 5.97. The average Bonchev–Trinajstić information content (AvgIpc) is 2.52. The lowest BCUT2D eigenvalue weighted by atomic mass is 9.93. The van der Waals surface area contributed by atoms with Gasteiger partial charge in [0.2, 0.25) is 5.91 Å². The van der Waals surface area contributed by atoms with Gasteiger partial charge in [-0.1, -0.05) is 49.6 Å². The molecule has 1 aromatic rings. The zero-order valence-corrected chi connectivity index (χ0v) is 14.2. The first kappa shape index (κ1) is 17.0. The highest BCUT2D eigenvalue weighted by molar-refractivity contribution is 7.92. The van der Waals surface area contributed by atoms with Gasteiger partial charge in [0.15, 0.2) is 9.84 Å². The lowest BCUT2D eigenvalue weighted by molar-refractivity contribution is -0.134. The highest BCUT2D eigenvalue weighted by atomic mass is 32.2. The minimum atomic E-state index is -3.37. The van der Waals surface area contributed by atoms with Crippen LogP contribution < -0.4 is 0 Å². The number of carbonyl (C=O) groups excluding carboxylic acids is 1. The zero-order chi connectivity index (χ0) is 16.2. The van der Waals surface area contributed by atoms with Crippen LogP contribution in [0.1, 0.15) is 44.6 Å². The zero-order valence-electron chi connectivity index (χ0n) is 13.4. The van der Waals surface area contributed by atoms with E-state index in [9.17, 15) is 13.2 Å². The Morgan fingerprint density at radius 3 is 2.32 bits per heavy atom. The first-order chi connectivity index (χ1) is 10.4. The van der Waals surface area contributed by atoms with E-state index in [0.29, 0.717) is 6.54 Å². The Morgan fingerprint density at radius 1 is 1.18 bits per heavy atom. The van der Waals surface area contributed by atoms with Gasteiger partial charge in [0, 0.05) is 18.8 Å². The van der Waals surface area contributed by atoms with Gasteiger partial charge in [-0.25, -0.2) is 8.42 Å². The van der Waals surface area contributed by atoms with E-state index in [-0.39, 0.29) is 11.9 Å². The second kappa shape index (κ2) is 7.27. The molecule has 4 nitrogen and oxygen atoms in total. The fourth-order valence-corrected chi connectivity index (χ4v) is 3.48. The maximum absolute atomic E-state index is 12.7. The molecule has 1 saturated carbocycles. The lowest BCUT2D eigenvalue weighted by Gasteiger charge is -2.35. The third kappa shape index (κ3) is 4.32. The minimum Gasteiger partial charge on any atom is -0.334 e. The monoisotopic (exact) mass is 323 g/mol. The predicted octanol–water partition coefficient (Wildman–Crippen LogP) is 2.78. The molecule has 1 unspecified atom stereocenters. The maximum Gasteiger partial charge on any atom is 0.241 e. The molecule has 1 aliphatic carbocycles. The van der Waals surface area contributed by atoms with Crippen LogP contribution >= 0.6 is 0 Å². The van der Waals surface area contributed by atoms with Crippen molar-refractivity contribution in [3.05, 3.63) is 35.9 Å². The molecular weight excluding hydrogens is 298 g/mol. The topological polar surface area (TPSA) is 54.5 Å². The number of hydrogen-bond acceptors (Lipinski definition) is 3. The highest BCUT2D eigenvalue weighted by Gasteiger charge is 2.33. The summed E-state index contributed by atoms with van der Waals surface area (Å²) in [6.07, 6.45) is 6.49. The fourth-order valence-electron chi connectivity index (χ4n) is 2.98. The summed E-state index contributed by atoms with van der Waals surface area (Å²) in [4.78, 5) is 14.5. The van der Waals surface area contributed by atoms with E-state index in [1.54, 1.807) is 4.90 Å². The van der Waals surface area contributed by atoms with E-state index in [4.69, 9.17) is 0 Å². The molecule has 0 heterocycles. The number of nitrogens with zero attached hydrogens (tertiary/aromatic N) is 1. The Hall–Kier alpha value is -1.36. The number of rotatable bonds is 5. The molecule has 0 bridgehead atoms. The highest BCUT2D eigenvalue weighted by Crippen LogP contribution is 2.25. The van der Waals surface area contributed by atoms with E-state index in [1.807, 2.05) is 30.3 Å². The van der Waals surface area contributed by atoms with E-state index >= 15 is 0 Å². The number of amides is 1. The van der Waals surface area contributed by atoms with Gasteiger partial charge in [0.05, 0.1) is 0 Å². The van der Waals surface area contributed by atoms with Gasteiger partial charge in [0.25, 0.3) is 0 Å². The number of carbonyl (C=O) groups is 1. The molecule has 0 aliphatic heterocycles. The van der Waals surface area contributed by atoms with E-state index in [0.717, 1.165) is 37.5 Å². The maximum atomic E-state index is 12.7. The molecule has 1 aromatic carbocycles. The van der Waals surface area contributed by atoms with E-state index in [2.05, 4.69) is 0 Å². The lowest BCUT2D eigenvalue weighted by Crippen LogP contribution is -2.47. The van der Waals surface area contributed by atoms with Crippen LogP contribution in [0.15, 0.2) is 30.3 Å². The number of benzene rings is 1. The molecule has 0 saturated heterocycles. The molecule has 0 N–H and O–H groups in total. The van der Waals surface area contributed by atoms with Crippen molar-refractivity contribution in [1.82, 2.24) is 4.90 Å². The molecule has 1 amide bonds. The summed E-state index contributed by atoms with van der Waals surface area (Å²) in [6, 6.07) is 9.95. The molecule has 5 heteroatoms. The van der Waals surface area contributed by atoms with Crippen molar-refractivity contribution < 1.29 is 13.2 Å². The Kier molecular flexibility index (Phi) is 5.62. The van der Waals surface area contributed by atoms with Gasteiger partial charge in [-0.2, -0.15) is 0 Å². The summed E-state index contributed by atoms with van der Waals surface area (Å²) in [5.41, 5.74) is 1.04. The van der Waals surface area contributed by atoms with Crippen LogP contribution in [0.5, 0.6) is 0 Å². The summed E-state index contributed by atoms with van der Waals surface area (Å²) in [5, 5.41) is -0.974. The standard InChI is InChI=1S/C17H25NO3S/c1-14(22(2,20)21)17(19)18(16-11-7-4-8-12-16)13-15-9-5-3-6-10-15/h3,5-6,9-10,14,16H,4,7-8,11-13H2,1-2H3. The van der Waals surface area contributed by atoms with E-state index < -0.39 is 15.1 Å². The van der Waals surface area contributed by atoms with E-state index in [1.165, 1.54) is 13.3 Å². The number of hydrogen-bond donors (Lipinski definition) is 0. The van der Waals surface area contributed by atoms with Crippen molar-refractivity contribution >= 4 is 15.7 Å². The molecule has 0 aromatic heterocycles. The van der Waals surface area contributed by atoms with Crippen molar-refractivity contribution in [2.24, 2.45) is 0 Å². The van der Waals surface area contributed by atoms with Gasteiger partial charge in [0.1, 0.15) is 5.25 Å². The van der Waals surface area contributed by atoms with Crippen LogP contribution in [0.4, 0.5) is 0 Å². The number of sulfone groups is 1. The van der Waals surface area contributed by atoms with Gasteiger partial charge in [-0.3, -0.25) is 4.79 Å². The van der Waals surface area contributed by atoms with Crippen molar-refractivity contribution in [2.75, 3.05) is 6.26 Å².